The van der Waals surface area contributed by atoms with Crippen molar-refractivity contribution < 1.29 is 9.47 Å². The fourth-order valence-corrected chi connectivity index (χ4v) is 3.45. The number of hydrogen-bond acceptors (Lipinski definition) is 2. The average molecular weight is 323 g/mol. The highest BCUT2D eigenvalue weighted by Crippen LogP contribution is 2.15. The largest absolute Gasteiger partial charge is 0.460 e. The molecule has 0 amide bonds. The molecule has 0 spiro atoms. The van der Waals surface area contributed by atoms with Crippen molar-refractivity contribution in [3.05, 3.63) is 60.7 Å². The van der Waals surface area contributed by atoms with Gasteiger partial charge in [0.2, 0.25) is 5.91 Å². The molecule has 2 rings (SSSR count). The minimum atomic E-state index is -0.480. The third-order valence-corrected chi connectivity index (χ3v) is 4.76. The maximum atomic E-state index is 5.87. The molecule has 2 aromatic carbocycles. The fourth-order valence-electron chi connectivity index (χ4n) is 1.53. The molecule has 0 heterocycles. The van der Waals surface area contributed by atoms with Gasteiger partial charge in [-0.3, -0.25) is 0 Å². The van der Waals surface area contributed by atoms with E-state index in [2.05, 4.69) is 15.9 Å². The van der Waals surface area contributed by atoms with Crippen LogP contribution in [0.15, 0.2) is 60.7 Å². The molecule has 4 heteroatoms. The van der Waals surface area contributed by atoms with Gasteiger partial charge in [-0.1, -0.05) is 52.3 Å². The van der Waals surface area contributed by atoms with Gasteiger partial charge in [-0.05, 0) is 29.2 Å². The zero-order chi connectivity index (χ0) is 12.6. The van der Waals surface area contributed by atoms with Gasteiger partial charge in [-0.15, -0.1) is 0 Å². The van der Waals surface area contributed by atoms with E-state index in [0.717, 1.165) is 16.5 Å². The number of rotatable bonds is 6. The van der Waals surface area contributed by atoms with Crippen LogP contribution in [0.5, 0.6) is 11.5 Å². The monoisotopic (exact) mass is 322 g/mol. The Morgan fingerprint density at radius 3 is 1.67 bits per heavy atom. The lowest BCUT2D eigenvalue weighted by Gasteiger charge is -2.19. The van der Waals surface area contributed by atoms with E-state index < -0.39 is 9.52 Å². The standard InChI is InChI=1S/C14H15BrO2Si/c15-11-18-14(16-12-7-3-1-4-8-12)17-13-9-5-2-6-10-13/h1-10,14H,11,18H2. The maximum absolute atomic E-state index is 5.87. The SMILES string of the molecule is BrC[SiH2]C(Oc1ccccc1)Oc1ccccc1. The van der Waals surface area contributed by atoms with Gasteiger partial charge in [0.25, 0.3) is 0 Å². The van der Waals surface area contributed by atoms with Crippen LogP contribution in [-0.2, 0) is 0 Å². The summed E-state index contributed by atoms with van der Waals surface area (Å²) in [5.41, 5.74) is 0. The molecule has 0 atom stereocenters. The Hall–Kier alpha value is -1.26. The summed E-state index contributed by atoms with van der Waals surface area (Å²) in [6.45, 7) is 0. The molecule has 0 saturated heterocycles. The van der Waals surface area contributed by atoms with Crippen molar-refractivity contribution in [3.8, 4) is 11.5 Å². The molecule has 0 saturated carbocycles. The highest BCUT2D eigenvalue weighted by molar-refractivity contribution is 9.09. The molecular weight excluding hydrogens is 308 g/mol. The molecule has 0 fully saturated rings. The Balaban J connectivity index is 2.00. The van der Waals surface area contributed by atoms with Crippen molar-refractivity contribution in [2.24, 2.45) is 0 Å². The van der Waals surface area contributed by atoms with E-state index in [-0.39, 0.29) is 5.91 Å². The summed E-state index contributed by atoms with van der Waals surface area (Å²) in [5, 5.41) is 0. The molecule has 0 aromatic heterocycles. The van der Waals surface area contributed by atoms with Crippen molar-refractivity contribution in [1.82, 2.24) is 0 Å². The lowest BCUT2D eigenvalue weighted by atomic mass is 10.3. The van der Waals surface area contributed by atoms with Crippen LogP contribution >= 0.6 is 15.9 Å². The van der Waals surface area contributed by atoms with Crippen LogP contribution in [0.4, 0.5) is 0 Å². The molecule has 0 N–H and O–H groups in total. The second kappa shape index (κ2) is 7.23. The number of hydrogen-bond donors (Lipinski definition) is 0. The second-order valence-corrected chi connectivity index (χ2v) is 7.77. The maximum Gasteiger partial charge on any atom is 0.213 e. The van der Waals surface area contributed by atoms with E-state index in [4.69, 9.17) is 9.47 Å². The third kappa shape index (κ3) is 4.20. The van der Waals surface area contributed by atoms with Crippen molar-refractivity contribution in [2.45, 2.75) is 5.91 Å². The Morgan fingerprint density at radius 2 is 1.28 bits per heavy atom. The van der Waals surface area contributed by atoms with Gasteiger partial charge in [-0.25, -0.2) is 0 Å². The van der Waals surface area contributed by atoms with E-state index in [1.807, 2.05) is 60.7 Å². The molecular formula is C14H15BrO2Si. The van der Waals surface area contributed by atoms with E-state index >= 15 is 0 Å². The minimum Gasteiger partial charge on any atom is -0.460 e. The first-order chi connectivity index (χ1) is 8.88. The summed E-state index contributed by atoms with van der Waals surface area (Å²) in [5.74, 6) is 1.56. The van der Waals surface area contributed by atoms with Gasteiger partial charge in [-0.2, -0.15) is 0 Å². The fraction of sp³-hybridized carbons (Fsp3) is 0.143. The second-order valence-electron chi connectivity index (χ2n) is 3.77. The van der Waals surface area contributed by atoms with E-state index in [1.165, 1.54) is 0 Å². The Bertz CT molecular complexity index is 408. The van der Waals surface area contributed by atoms with Crippen LogP contribution in [0, 0.1) is 0 Å². The van der Waals surface area contributed by atoms with Crippen LogP contribution in [0.1, 0.15) is 0 Å². The summed E-state index contributed by atoms with van der Waals surface area (Å²) in [6.07, 6.45) is 0. The summed E-state index contributed by atoms with van der Waals surface area (Å²) < 4.78 is 11.7. The van der Waals surface area contributed by atoms with Gasteiger partial charge in [0.15, 0.2) is 0 Å². The minimum absolute atomic E-state index is 0.144. The lowest BCUT2D eigenvalue weighted by Crippen LogP contribution is -2.31. The summed E-state index contributed by atoms with van der Waals surface area (Å²) >= 11 is 3.48. The van der Waals surface area contributed by atoms with E-state index in [0.29, 0.717) is 0 Å². The van der Waals surface area contributed by atoms with Crippen molar-refractivity contribution >= 4 is 25.4 Å². The Labute approximate surface area is 118 Å². The quantitative estimate of drug-likeness (QED) is 0.462. The van der Waals surface area contributed by atoms with Crippen LogP contribution in [0.2, 0.25) is 0 Å². The molecule has 0 aliphatic carbocycles. The Morgan fingerprint density at radius 1 is 0.833 bits per heavy atom. The predicted molar refractivity (Wildman–Crippen MR) is 80.3 cm³/mol. The first-order valence-corrected chi connectivity index (χ1v) is 8.81. The van der Waals surface area contributed by atoms with E-state index in [1.54, 1.807) is 0 Å². The number of alkyl halides is 1. The molecule has 0 aliphatic rings. The van der Waals surface area contributed by atoms with Crippen molar-refractivity contribution in [1.29, 1.82) is 0 Å². The van der Waals surface area contributed by atoms with Crippen LogP contribution < -0.4 is 9.47 Å². The number of halogens is 1. The normalized spacial score (nSPS) is 11.0. The number of para-hydroxylation sites is 2. The van der Waals surface area contributed by atoms with Crippen LogP contribution in [0.3, 0.4) is 0 Å². The van der Waals surface area contributed by atoms with Gasteiger partial charge < -0.3 is 9.47 Å². The molecule has 0 aliphatic heterocycles. The smallest absolute Gasteiger partial charge is 0.213 e. The zero-order valence-corrected chi connectivity index (χ0v) is 13.0. The van der Waals surface area contributed by atoms with Crippen molar-refractivity contribution in [3.63, 3.8) is 0 Å². The van der Waals surface area contributed by atoms with E-state index in [9.17, 15) is 0 Å². The molecule has 0 unspecified atom stereocenters. The predicted octanol–water partition coefficient (Wildman–Crippen LogP) is 2.95. The summed E-state index contributed by atoms with van der Waals surface area (Å²) in [6, 6.07) is 19.6. The van der Waals surface area contributed by atoms with Gasteiger partial charge in [0.05, 0.1) is 0 Å². The molecule has 18 heavy (non-hydrogen) atoms. The van der Waals surface area contributed by atoms with Gasteiger partial charge in [0.1, 0.15) is 21.0 Å². The zero-order valence-electron chi connectivity index (χ0n) is 9.96. The summed E-state index contributed by atoms with van der Waals surface area (Å²) in [4.78, 5) is 0.970. The highest BCUT2D eigenvalue weighted by atomic mass is 79.9. The molecule has 2 nitrogen and oxygen atoms in total. The van der Waals surface area contributed by atoms with Crippen LogP contribution in [-0.4, -0.2) is 20.4 Å². The Kier molecular flexibility index (Phi) is 5.29. The van der Waals surface area contributed by atoms with Gasteiger partial charge >= 0.3 is 0 Å². The summed E-state index contributed by atoms with van der Waals surface area (Å²) in [7, 11) is -0.480. The van der Waals surface area contributed by atoms with Crippen LogP contribution in [0.25, 0.3) is 0 Å². The van der Waals surface area contributed by atoms with Gasteiger partial charge in [0, 0.05) is 0 Å². The van der Waals surface area contributed by atoms with Crippen molar-refractivity contribution in [2.75, 3.05) is 4.95 Å². The topological polar surface area (TPSA) is 18.5 Å². The number of ether oxygens (including phenoxy) is 2. The molecule has 0 radical (unpaired) electrons. The first-order valence-electron chi connectivity index (χ1n) is 5.88. The molecule has 0 bridgehead atoms. The third-order valence-electron chi connectivity index (χ3n) is 2.37. The highest BCUT2D eigenvalue weighted by Gasteiger charge is 2.11. The molecule has 2 aromatic rings. The number of benzene rings is 2. The average Bonchev–Trinajstić information content (AvgIpc) is 2.41. The lowest BCUT2D eigenvalue weighted by molar-refractivity contribution is 0.0738. The molecule has 94 valence electrons. The first kappa shape index (κ1) is 13.2.